The van der Waals surface area contributed by atoms with E-state index in [4.69, 9.17) is 16.3 Å². The van der Waals surface area contributed by atoms with Gasteiger partial charge in [0, 0.05) is 75.2 Å². The molecule has 0 unspecified atom stereocenters. The minimum atomic E-state index is -0.130. The summed E-state index contributed by atoms with van der Waals surface area (Å²) in [5.74, 6) is 0.939. The second kappa shape index (κ2) is 11.4. The molecule has 2 aliphatic heterocycles. The van der Waals surface area contributed by atoms with Gasteiger partial charge in [0.25, 0.3) is 0 Å². The third-order valence-electron chi connectivity index (χ3n) is 7.28. The van der Waals surface area contributed by atoms with Gasteiger partial charge in [0.15, 0.2) is 0 Å². The van der Waals surface area contributed by atoms with E-state index in [1.165, 1.54) is 0 Å². The second-order valence-corrected chi connectivity index (χ2v) is 10.2. The number of hydrogen-bond donors (Lipinski definition) is 1. The Labute approximate surface area is 212 Å². The molecule has 2 fully saturated rings. The van der Waals surface area contributed by atoms with Crippen molar-refractivity contribution in [2.45, 2.75) is 45.6 Å². The zero-order chi connectivity index (χ0) is 24.9. The van der Waals surface area contributed by atoms with Crippen LogP contribution < -0.4 is 4.74 Å². The Morgan fingerprint density at radius 1 is 1.06 bits per heavy atom. The van der Waals surface area contributed by atoms with Gasteiger partial charge in [-0.25, -0.2) is 0 Å². The van der Waals surface area contributed by atoms with Crippen molar-refractivity contribution < 1.29 is 14.3 Å². The van der Waals surface area contributed by atoms with Crippen LogP contribution in [0.15, 0.2) is 24.3 Å². The van der Waals surface area contributed by atoms with Crippen molar-refractivity contribution in [1.82, 2.24) is 24.9 Å². The molecule has 2 aliphatic rings. The maximum absolute atomic E-state index is 13.2. The van der Waals surface area contributed by atoms with Crippen LogP contribution in [0.25, 0.3) is 0 Å². The fraction of sp³-hybridized carbons (Fsp3) is 0.577. The highest BCUT2D eigenvalue weighted by molar-refractivity contribution is 6.30. The maximum atomic E-state index is 13.2. The van der Waals surface area contributed by atoms with Crippen molar-refractivity contribution in [2.75, 3.05) is 46.3 Å². The quantitative estimate of drug-likeness (QED) is 0.630. The van der Waals surface area contributed by atoms with Crippen LogP contribution in [0.5, 0.6) is 5.75 Å². The van der Waals surface area contributed by atoms with Crippen LogP contribution in [0.4, 0.5) is 0 Å². The number of likely N-dealkylation sites (N-methyl/N-ethyl adjacent to an activating group) is 1. The average Bonchev–Trinajstić information content (AvgIpc) is 3.17. The van der Waals surface area contributed by atoms with Gasteiger partial charge >= 0.3 is 0 Å². The highest BCUT2D eigenvalue weighted by Crippen LogP contribution is 2.28. The topological polar surface area (TPSA) is 81.8 Å². The second-order valence-electron chi connectivity index (χ2n) is 9.80. The molecule has 1 aromatic heterocycles. The molecule has 1 aromatic carbocycles. The molecule has 0 bridgehead atoms. The number of ether oxygens (including phenoxy) is 1. The highest BCUT2D eigenvalue weighted by atomic mass is 35.5. The van der Waals surface area contributed by atoms with E-state index in [0.29, 0.717) is 43.8 Å². The number of amides is 2. The van der Waals surface area contributed by atoms with Crippen LogP contribution in [0.2, 0.25) is 5.02 Å². The van der Waals surface area contributed by atoms with Gasteiger partial charge in [0.05, 0.1) is 5.69 Å². The number of piperidine rings is 1. The first-order chi connectivity index (χ1) is 16.8. The molecule has 0 saturated carbocycles. The minimum absolute atomic E-state index is 0.0621. The number of H-pyrrole nitrogens is 1. The van der Waals surface area contributed by atoms with E-state index in [0.717, 1.165) is 48.9 Å². The third kappa shape index (κ3) is 6.55. The smallest absolute Gasteiger partial charge is 0.223 e. The highest BCUT2D eigenvalue weighted by Gasteiger charge is 2.35. The average molecular weight is 502 g/mol. The summed E-state index contributed by atoms with van der Waals surface area (Å²) in [6.07, 6.45) is 2.04. The van der Waals surface area contributed by atoms with Crippen molar-refractivity contribution in [3.8, 4) is 5.75 Å². The molecule has 190 valence electrons. The largest absolute Gasteiger partial charge is 0.490 e. The van der Waals surface area contributed by atoms with Gasteiger partial charge in [-0.05, 0) is 57.1 Å². The molecule has 2 atom stereocenters. The van der Waals surface area contributed by atoms with Crippen LogP contribution in [0.3, 0.4) is 0 Å². The summed E-state index contributed by atoms with van der Waals surface area (Å²) < 4.78 is 6.32. The summed E-state index contributed by atoms with van der Waals surface area (Å²) in [6, 6.07) is 7.32. The van der Waals surface area contributed by atoms with E-state index >= 15 is 0 Å². The Bertz CT molecular complexity index is 997. The van der Waals surface area contributed by atoms with Gasteiger partial charge in [-0.3, -0.25) is 14.7 Å². The Hall–Kier alpha value is -2.58. The zero-order valence-electron chi connectivity index (χ0n) is 20.9. The van der Waals surface area contributed by atoms with Crippen molar-refractivity contribution in [3.05, 3.63) is 46.2 Å². The van der Waals surface area contributed by atoms with Gasteiger partial charge in [0.2, 0.25) is 11.8 Å². The summed E-state index contributed by atoms with van der Waals surface area (Å²) in [4.78, 5) is 32.4. The van der Waals surface area contributed by atoms with Crippen LogP contribution in [-0.4, -0.2) is 89.1 Å². The van der Waals surface area contributed by atoms with Crippen molar-refractivity contribution >= 4 is 23.4 Å². The predicted octanol–water partition coefficient (Wildman–Crippen LogP) is 3.07. The number of aromatic nitrogens is 2. The number of hydrogen-bond acceptors (Lipinski definition) is 5. The first-order valence-electron chi connectivity index (χ1n) is 12.5. The molecule has 1 N–H and O–H groups in total. The van der Waals surface area contributed by atoms with Crippen LogP contribution in [0.1, 0.15) is 36.2 Å². The summed E-state index contributed by atoms with van der Waals surface area (Å²) in [5, 5.41) is 7.88. The molecule has 0 radical (unpaired) electrons. The Kier molecular flexibility index (Phi) is 8.34. The van der Waals surface area contributed by atoms with Gasteiger partial charge in [0.1, 0.15) is 11.9 Å². The van der Waals surface area contributed by atoms with E-state index in [-0.39, 0.29) is 23.8 Å². The Morgan fingerprint density at radius 2 is 1.77 bits per heavy atom. The molecule has 8 nitrogen and oxygen atoms in total. The number of aromatic amines is 1. The number of nitrogens with one attached hydrogen (secondary N) is 1. The molecular weight excluding hydrogens is 466 g/mol. The molecule has 0 aliphatic carbocycles. The number of likely N-dealkylation sites (tertiary alicyclic amines) is 1. The van der Waals surface area contributed by atoms with Crippen LogP contribution in [-0.2, 0) is 16.0 Å². The lowest BCUT2D eigenvalue weighted by Crippen LogP contribution is -2.51. The van der Waals surface area contributed by atoms with Gasteiger partial charge < -0.3 is 19.4 Å². The van der Waals surface area contributed by atoms with E-state index < -0.39 is 0 Å². The fourth-order valence-corrected chi connectivity index (χ4v) is 5.14. The number of nitrogens with zero attached hydrogens (tertiary/aromatic N) is 4. The monoisotopic (exact) mass is 501 g/mol. The van der Waals surface area contributed by atoms with Crippen LogP contribution >= 0.6 is 11.6 Å². The number of aryl methyl sites for hydroxylation is 2. The van der Waals surface area contributed by atoms with E-state index in [9.17, 15) is 9.59 Å². The first kappa shape index (κ1) is 25.5. The molecule has 3 heterocycles. The summed E-state index contributed by atoms with van der Waals surface area (Å²) >= 11 is 6.03. The molecule has 2 aromatic rings. The van der Waals surface area contributed by atoms with E-state index in [1.807, 2.05) is 35.8 Å². The summed E-state index contributed by atoms with van der Waals surface area (Å²) in [7, 11) is 2.08. The molecule has 4 rings (SSSR count). The summed E-state index contributed by atoms with van der Waals surface area (Å²) in [5.41, 5.74) is 3.07. The summed E-state index contributed by atoms with van der Waals surface area (Å²) in [6.45, 7) is 8.37. The molecule has 9 heteroatoms. The van der Waals surface area contributed by atoms with Gasteiger partial charge in [-0.2, -0.15) is 5.10 Å². The SMILES string of the molecule is Cc1n[nH]c(C)c1CCC(=O)N1CC[C@H](Oc2ccc(Cl)cc2)[C@@H](CC(=O)N2CCN(C)CC2)C1. The van der Waals surface area contributed by atoms with Crippen molar-refractivity contribution in [3.63, 3.8) is 0 Å². The Balaban J connectivity index is 1.41. The zero-order valence-corrected chi connectivity index (χ0v) is 21.7. The van der Waals surface area contributed by atoms with Gasteiger partial charge in [-0.15, -0.1) is 0 Å². The van der Waals surface area contributed by atoms with E-state index in [2.05, 4.69) is 22.1 Å². The lowest BCUT2D eigenvalue weighted by atomic mass is 9.90. The first-order valence-corrected chi connectivity index (χ1v) is 12.8. The number of carbonyl (C=O) groups is 2. The normalized spacial score (nSPS) is 21.3. The van der Waals surface area contributed by atoms with Crippen molar-refractivity contribution in [2.24, 2.45) is 5.92 Å². The Morgan fingerprint density at radius 3 is 2.43 bits per heavy atom. The molecule has 2 amide bonds. The lowest BCUT2D eigenvalue weighted by Gasteiger charge is -2.40. The van der Waals surface area contributed by atoms with Crippen molar-refractivity contribution in [1.29, 1.82) is 0 Å². The lowest BCUT2D eigenvalue weighted by molar-refractivity contribution is -0.140. The molecular formula is C26H36ClN5O3. The predicted molar refractivity (Wildman–Crippen MR) is 136 cm³/mol. The van der Waals surface area contributed by atoms with Crippen LogP contribution in [0, 0.1) is 19.8 Å². The molecule has 2 saturated heterocycles. The number of rotatable bonds is 7. The number of halogens is 1. The fourth-order valence-electron chi connectivity index (χ4n) is 5.02. The maximum Gasteiger partial charge on any atom is 0.223 e. The standard InChI is InChI=1S/C26H36ClN5O3/c1-18-23(19(2)29-28-18)8-9-25(33)32-11-10-24(35-22-6-4-21(27)5-7-22)20(17-32)16-26(34)31-14-12-30(3)13-15-31/h4-7,20,24H,8-17H2,1-3H3,(H,28,29)/t20-,24-/m0/s1. The number of piperazine rings is 1. The van der Waals surface area contributed by atoms with Gasteiger partial charge in [-0.1, -0.05) is 11.6 Å². The minimum Gasteiger partial charge on any atom is -0.490 e. The number of carbonyl (C=O) groups excluding carboxylic acids is 2. The van der Waals surface area contributed by atoms with E-state index in [1.54, 1.807) is 12.1 Å². The molecule has 0 spiro atoms. The third-order valence-corrected chi connectivity index (χ3v) is 7.53. The molecule has 35 heavy (non-hydrogen) atoms. The number of benzene rings is 1.